The van der Waals surface area contributed by atoms with E-state index in [1.807, 2.05) is 0 Å². The summed E-state index contributed by atoms with van der Waals surface area (Å²) in [5.74, 6) is 2.34. The van der Waals surface area contributed by atoms with E-state index in [4.69, 9.17) is 0 Å². The number of imidazole rings is 1. The standard InChI is InChI=1S/C15H19N3OS/c1-12-3-2-4-13(9-12)10-20-11-15(19)18-6-5-14-16-7-8-17-14/h2-4,7-9H,5-6,10-11H2,1H3,(H,16,17)(H,18,19). The molecule has 1 amide bonds. The highest BCUT2D eigenvalue weighted by Gasteiger charge is 2.02. The lowest BCUT2D eigenvalue weighted by molar-refractivity contribution is -0.118. The first-order chi connectivity index (χ1) is 9.74. The molecule has 0 saturated heterocycles. The SMILES string of the molecule is Cc1cccc(CSCC(=O)NCCc2ncc[nH]2)c1. The van der Waals surface area contributed by atoms with E-state index < -0.39 is 0 Å². The van der Waals surface area contributed by atoms with Crippen molar-refractivity contribution >= 4 is 17.7 Å². The minimum absolute atomic E-state index is 0.0780. The van der Waals surface area contributed by atoms with Crippen molar-refractivity contribution in [2.75, 3.05) is 12.3 Å². The van der Waals surface area contributed by atoms with E-state index in [1.54, 1.807) is 24.2 Å². The molecule has 0 bridgehead atoms. The largest absolute Gasteiger partial charge is 0.355 e. The molecule has 0 unspecified atom stereocenters. The fourth-order valence-electron chi connectivity index (χ4n) is 1.87. The Kier molecular flexibility index (Phi) is 5.68. The van der Waals surface area contributed by atoms with Crippen molar-refractivity contribution in [1.82, 2.24) is 15.3 Å². The number of H-pyrrole nitrogens is 1. The second-order valence-electron chi connectivity index (χ2n) is 4.62. The number of nitrogens with one attached hydrogen (secondary N) is 2. The Bertz CT molecular complexity index is 540. The first-order valence-corrected chi connectivity index (χ1v) is 7.78. The molecule has 20 heavy (non-hydrogen) atoms. The average molecular weight is 289 g/mol. The molecular weight excluding hydrogens is 270 g/mol. The maximum absolute atomic E-state index is 11.7. The van der Waals surface area contributed by atoms with Crippen molar-refractivity contribution in [3.05, 3.63) is 53.6 Å². The van der Waals surface area contributed by atoms with Crippen LogP contribution in [0.1, 0.15) is 17.0 Å². The van der Waals surface area contributed by atoms with Gasteiger partial charge in [0, 0.05) is 31.1 Å². The molecule has 5 heteroatoms. The maximum Gasteiger partial charge on any atom is 0.230 e. The van der Waals surface area contributed by atoms with Crippen LogP contribution in [0.15, 0.2) is 36.7 Å². The van der Waals surface area contributed by atoms with Crippen molar-refractivity contribution in [1.29, 1.82) is 0 Å². The van der Waals surface area contributed by atoms with E-state index in [-0.39, 0.29) is 5.91 Å². The number of aromatic nitrogens is 2. The molecule has 1 heterocycles. The molecule has 0 aliphatic carbocycles. The number of aromatic amines is 1. The number of nitrogens with zero attached hydrogens (tertiary/aromatic N) is 1. The fraction of sp³-hybridized carbons (Fsp3) is 0.333. The Balaban J connectivity index is 1.60. The monoisotopic (exact) mass is 289 g/mol. The van der Waals surface area contributed by atoms with Gasteiger partial charge in [0.2, 0.25) is 5.91 Å². The van der Waals surface area contributed by atoms with Gasteiger partial charge < -0.3 is 10.3 Å². The number of thioether (sulfide) groups is 1. The van der Waals surface area contributed by atoms with Crippen LogP contribution in [0.4, 0.5) is 0 Å². The third-order valence-corrected chi connectivity index (χ3v) is 3.83. The van der Waals surface area contributed by atoms with Gasteiger partial charge in [0.25, 0.3) is 0 Å². The van der Waals surface area contributed by atoms with Crippen molar-refractivity contribution in [2.45, 2.75) is 19.1 Å². The molecule has 2 aromatic rings. The first-order valence-electron chi connectivity index (χ1n) is 6.62. The minimum Gasteiger partial charge on any atom is -0.355 e. The van der Waals surface area contributed by atoms with Crippen LogP contribution in [0.5, 0.6) is 0 Å². The molecular formula is C15H19N3OS. The van der Waals surface area contributed by atoms with Gasteiger partial charge in [-0.15, -0.1) is 11.8 Å². The highest BCUT2D eigenvalue weighted by atomic mass is 32.2. The summed E-state index contributed by atoms with van der Waals surface area (Å²) in [7, 11) is 0. The van der Waals surface area contributed by atoms with E-state index in [1.165, 1.54) is 11.1 Å². The van der Waals surface area contributed by atoms with Gasteiger partial charge >= 0.3 is 0 Å². The summed E-state index contributed by atoms with van der Waals surface area (Å²) in [6.07, 6.45) is 4.24. The third kappa shape index (κ3) is 5.09. The Labute approximate surface area is 123 Å². The van der Waals surface area contributed by atoms with Crippen molar-refractivity contribution < 1.29 is 4.79 Å². The van der Waals surface area contributed by atoms with Gasteiger partial charge in [-0.25, -0.2) is 4.98 Å². The summed E-state index contributed by atoms with van der Waals surface area (Å²) in [6, 6.07) is 8.38. The zero-order chi connectivity index (χ0) is 14.2. The number of hydrogen-bond acceptors (Lipinski definition) is 3. The minimum atomic E-state index is 0.0780. The maximum atomic E-state index is 11.7. The molecule has 1 aromatic carbocycles. The Morgan fingerprint density at radius 2 is 2.35 bits per heavy atom. The molecule has 0 atom stereocenters. The van der Waals surface area contributed by atoms with Crippen LogP contribution in [0.2, 0.25) is 0 Å². The van der Waals surface area contributed by atoms with Gasteiger partial charge in [-0.05, 0) is 12.5 Å². The van der Waals surface area contributed by atoms with Crippen molar-refractivity contribution in [2.24, 2.45) is 0 Å². The predicted molar refractivity (Wildman–Crippen MR) is 82.6 cm³/mol. The molecule has 0 fully saturated rings. The average Bonchev–Trinajstić information content (AvgIpc) is 2.92. The smallest absolute Gasteiger partial charge is 0.230 e. The van der Waals surface area contributed by atoms with Gasteiger partial charge in [0.15, 0.2) is 0 Å². The number of carbonyl (C=O) groups excluding carboxylic acids is 1. The molecule has 1 aromatic heterocycles. The van der Waals surface area contributed by atoms with Crippen LogP contribution in [-0.4, -0.2) is 28.2 Å². The van der Waals surface area contributed by atoms with Crippen molar-refractivity contribution in [3.8, 4) is 0 Å². The number of amides is 1. The predicted octanol–water partition coefficient (Wildman–Crippen LogP) is 2.31. The number of aryl methyl sites for hydroxylation is 1. The molecule has 0 radical (unpaired) electrons. The molecule has 106 valence electrons. The van der Waals surface area contributed by atoms with Crippen molar-refractivity contribution in [3.63, 3.8) is 0 Å². The van der Waals surface area contributed by atoms with Crippen LogP contribution in [-0.2, 0) is 17.0 Å². The van der Waals surface area contributed by atoms with Crippen LogP contribution in [0, 0.1) is 6.92 Å². The quantitative estimate of drug-likeness (QED) is 0.822. The lowest BCUT2D eigenvalue weighted by atomic mass is 10.2. The highest BCUT2D eigenvalue weighted by Crippen LogP contribution is 2.13. The summed E-state index contributed by atoms with van der Waals surface area (Å²) in [5, 5.41) is 2.90. The van der Waals surface area contributed by atoms with E-state index in [0.29, 0.717) is 12.3 Å². The second-order valence-corrected chi connectivity index (χ2v) is 5.60. The molecule has 0 saturated carbocycles. The number of benzene rings is 1. The molecule has 2 rings (SSSR count). The zero-order valence-electron chi connectivity index (χ0n) is 11.6. The lowest BCUT2D eigenvalue weighted by Gasteiger charge is -2.05. The van der Waals surface area contributed by atoms with E-state index in [9.17, 15) is 4.79 Å². The molecule has 0 aliphatic rings. The van der Waals surface area contributed by atoms with Gasteiger partial charge in [-0.3, -0.25) is 4.79 Å². The van der Waals surface area contributed by atoms with E-state index >= 15 is 0 Å². The molecule has 4 nitrogen and oxygen atoms in total. The van der Waals surface area contributed by atoms with Crippen LogP contribution in [0.25, 0.3) is 0 Å². The summed E-state index contributed by atoms with van der Waals surface area (Å²) in [6.45, 7) is 2.70. The van der Waals surface area contributed by atoms with E-state index in [0.717, 1.165) is 18.0 Å². The normalized spacial score (nSPS) is 10.4. The summed E-state index contributed by atoms with van der Waals surface area (Å²) < 4.78 is 0. The van der Waals surface area contributed by atoms with Gasteiger partial charge in [-0.1, -0.05) is 29.8 Å². The lowest BCUT2D eigenvalue weighted by Crippen LogP contribution is -2.27. The molecule has 0 spiro atoms. The van der Waals surface area contributed by atoms with Gasteiger partial charge in [0.1, 0.15) is 5.82 Å². The van der Waals surface area contributed by atoms with Crippen LogP contribution < -0.4 is 5.32 Å². The summed E-state index contributed by atoms with van der Waals surface area (Å²) >= 11 is 1.64. The number of rotatable bonds is 7. The number of carbonyl (C=O) groups is 1. The Morgan fingerprint density at radius 1 is 1.45 bits per heavy atom. The zero-order valence-corrected chi connectivity index (χ0v) is 12.4. The van der Waals surface area contributed by atoms with E-state index in [2.05, 4.69) is 46.5 Å². The molecule has 2 N–H and O–H groups in total. The van der Waals surface area contributed by atoms with Crippen LogP contribution >= 0.6 is 11.8 Å². The third-order valence-electron chi connectivity index (χ3n) is 2.82. The van der Waals surface area contributed by atoms with Gasteiger partial charge in [0.05, 0.1) is 5.75 Å². The van der Waals surface area contributed by atoms with Gasteiger partial charge in [-0.2, -0.15) is 0 Å². The Morgan fingerprint density at radius 3 is 3.10 bits per heavy atom. The molecule has 0 aliphatic heterocycles. The second kappa shape index (κ2) is 7.75. The summed E-state index contributed by atoms with van der Waals surface area (Å²) in [5.41, 5.74) is 2.52. The fourth-order valence-corrected chi connectivity index (χ4v) is 2.67. The highest BCUT2D eigenvalue weighted by molar-refractivity contribution is 7.99. The Hall–Kier alpha value is -1.75. The first kappa shape index (κ1) is 14.7. The summed E-state index contributed by atoms with van der Waals surface area (Å²) in [4.78, 5) is 18.8. The van der Waals surface area contributed by atoms with Crippen LogP contribution in [0.3, 0.4) is 0 Å². The number of hydrogen-bond donors (Lipinski definition) is 2. The topological polar surface area (TPSA) is 57.8 Å².